The van der Waals surface area contributed by atoms with Gasteiger partial charge in [-0.2, -0.15) is 0 Å². The van der Waals surface area contributed by atoms with Crippen LogP contribution in [0.1, 0.15) is 5.56 Å². The number of benzene rings is 1. The minimum Gasteiger partial charge on any atom is -0.361 e. The van der Waals surface area contributed by atoms with Crippen LogP contribution in [0.3, 0.4) is 0 Å². The van der Waals surface area contributed by atoms with E-state index in [-0.39, 0.29) is 24.8 Å². The molecule has 0 saturated carbocycles. The topological polar surface area (TPSA) is 77.2 Å². The highest BCUT2D eigenvalue weighted by atomic mass is 16.2. The molecule has 0 aliphatic carbocycles. The van der Waals surface area contributed by atoms with E-state index in [1.165, 1.54) is 0 Å². The molecule has 0 atom stereocenters. The number of para-hydroxylation sites is 1. The summed E-state index contributed by atoms with van der Waals surface area (Å²) in [6.45, 7) is 1.35. The van der Waals surface area contributed by atoms with Crippen LogP contribution >= 0.6 is 0 Å². The molecule has 2 amide bonds. The van der Waals surface area contributed by atoms with Gasteiger partial charge in [0.2, 0.25) is 11.8 Å². The number of likely N-dealkylation sites (N-methyl/N-ethyl adjacent to an activating group) is 1. The van der Waals surface area contributed by atoms with Crippen LogP contribution in [0.2, 0.25) is 0 Å². The summed E-state index contributed by atoms with van der Waals surface area (Å²) in [7, 11) is 3.88. The monoisotopic (exact) mass is 302 g/mol. The van der Waals surface area contributed by atoms with Crippen LogP contribution in [0, 0.1) is 0 Å². The predicted octanol–water partition coefficient (Wildman–Crippen LogP) is 0.504. The van der Waals surface area contributed by atoms with E-state index in [0.29, 0.717) is 6.54 Å². The number of hydrogen-bond acceptors (Lipinski definition) is 3. The van der Waals surface area contributed by atoms with Gasteiger partial charge in [0.1, 0.15) is 0 Å². The summed E-state index contributed by atoms with van der Waals surface area (Å²) in [5, 5.41) is 6.44. The van der Waals surface area contributed by atoms with Gasteiger partial charge >= 0.3 is 0 Å². The summed E-state index contributed by atoms with van der Waals surface area (Å²) in [6, 6.07) is 7.83. The smallest absolute Gasteiger partial charge is 0.239 e. The Morgan fingerprint density at radius 1 is 1.14 bits per heavy atom. The highest BCUT2D eigenvalue weighted by Crippen LogP contribution is 2.17. The third-order valence-electron chi connectivity index (χ3n) is 3.35. The van der Waals surface area contributed by atoms with E-state index in [4.69, 9.17) is 0 Å². The minimum atomic E-state index is -0.172. The second-order valence-corrected chi connectivity index (χ2v) is 5.47. The third kappa shape index (κ3) is 4.60. The fourth-order valence-electron chi connectivity index (χ4n) is 2.17. The number of nitrogens with zero attached hydrogens (tertiary/aromatic N) is 1. The molecule has 118 valence electrons. The average Bonchev–Trinajstić information content (AvgIpc) is 2.88. The van der Waals surface area contributed by atoms with Gasteiger partial charge in [-0.25, -0.2) is 0 Å². The molecule has 1 aromatic carbocycles. The van der Waals surface area contributed by atoms with Crippen LogP contribution in [0.4, 0.5) is 0 Å². The van der Waals surface area contributed by atoms with Gasteiger partial charge in [0.25, 0.3) is 0 Å². The summed E-state index contributed by atoms with van der Waals surface area (Å²) in [5.41, 5.74) is 1.94. The lowest BCUT2D eigenvalue weighted by Gasteiger charge is -2.10. The molecule has 0 saturated heterocycles. The zero-order valence-corrected chi connectivity index (χ0v) is 13.0. The molecule has 0 fully saturated rings. The Hall–Kier alpha value is -2.34. The van der Waals surface area contributed by atoms with Crippen molar-refractivity contribution in [3.05, 3.63) is 36.0 Å². The molecule has 22 heavy (non-hydrogen) atoms. The van der Waals surface area contributed by atoms with Crippen molar-refractivity contribution in [3.8, 4) is 0 Å². The number of aromatic nitrogens is 1. The quantitative estimate of drug-likeness (QED) is 0.697. The Balaban J connectivity index is 1.77. The van der Waals surface area contributed by atoms with Crippen molar-refractivity contribution >= 4 is 22.7 Å². The molecule has 0 radical (unpaired) electrons. The van der Waals surface area contributed by atoms with Crippen molar-refractivity contribution in [2.75, 3.05) is 33.7 Å². The lowest BCUT2D eigenvalue weighted by atomic mass is 10.1. The maximum absolute atomic E-state index is 11.9. The van der Waals surface area contributed by atoms with Crippen molar-refractivity contribution in [2.24, 2.45) is 0 Å². The average molecular weight is 302 g/mol. The molecule has 0 aliphatic heterocycles. The molecule has 6 nitrogen and oxygen atoms in total. The van der Waals surface area contributed by atoms with Crippen LogP contribution < -0.4 is 10.6 Å². The second-order valence-electron chi connectivity index (χ2n) is 5.47. The molecule has 0 spiro atoms. The first kappa shape index (κ1) is 16.0. The van der Waals surface area contributed by atoms with Crippen LogP contribution in [-0.4, -0.2) is 55.4 Å². The number of carbonyl (C=O) groups excluding carboxylic acids is 2. The number of aromatic amines is 1. The molecule has 0 unspecified atom stereocenters. The first-order chi connectivity index (χ1) is 10.6. The van der Waals surface area contributed by atoms with Crippen molar-refractivity contribution in [1.29, 1.82) is 0 Å². The first-order valence-electron chi connectivity index (χ1n) is 7.29. The number of H-pyrrole nitrogens is 1. The molecule has 2 aromatic rings. The molecular formula is C16H22N4O2. The molecular weight excluding hydrogens is 280 g/mol. The SMILES string of the molecule is CN(C)CCNC(=O)CNC(=O)Cc1c[nH]c2ccccc12. The summed E-state index contributed by atoms with van der Waals surface area (Å²) in [4.78, 5) is 28.6. The van der Waals surface area contributed by atoms with Crippen LogP contribution in [0.25, 0.3) is 10.9 Å². The van der Waals surface area contributed by atoms with E-state index in [1.54, 1.807) is 0 Å². The number of rotatable bonds is 7. The van der Waals surface area contributed by atoms with Crippen molar-refractivity contribution in [3.63, 3.8) is 0 Å². The predicted molar refractivity (Wildman–Crippen MR) is 86.6 cm³/mol. The lowest BCUT2D eigenvalue weighted by molar-refractivity contribution is -0.125. The second kappa shape index (κ2) is 7.61. The Morgan fingerprint density at radius 3 is 2.68 bits per heavy atom. The summed E-state index contributed by atoms with van der Waals surface area (Å²) < 4.78 is 0. The van der Waals surface area contributed by atoms with Gasteiger partial charge in [0.05, 0.1) is 13.0 Å². The summed E-state index contributed by atoms with van der Waals surface area (Å²) in [6.07, 6.45) is 2.09. The van der Waals surface area contributed by atoms with Gasteiger partial charge in [-0.05, 0) is 25.7 Å². The van der Waals surface area contributed by atoms with Crippen molar-refractivity contribution in [1.82, 2.24) is 20.5 Å². The molecule has 2 rings (SSSR count). The van der Waals surface area contributed by atoms with E-state index in [2.05, 4.69) is 15.6 Å². The third-order valence-corrected chi connectivity index (χ3v) is 3.35. The van der Waals surface area contributed by atoms with Crippen molar-refractivity contribution in [2.45, 2.75) is 6.42 Å². The Kier molecular flexibility index (Phi) is 5.55. The van der Waals surface area contributed by atoms with Crippen molar-refractivity contribution < 1.29 is 9.59 Å². The fraction of sp³-hybridized carbons (Fsp3) is 0.375. The van der Waals surface area contributed by atoms with Crippen LogP contribution in [-0.2, 0) is 16.0 Å². The maximum Gasteiger partial charge on any atom is 0.239 e. The highest BCUT2D eigenvalue weighted by molar-refractivity contribution is 5.90. The van der Waals surface area contributed by atoms with Gasteiger partial charge in [0.15, 0.2) is 0 Å². The molecule has 0 bridgehead atoms. The number of nitrogens with one attached hydrogen (secondary N) is 3. The number of fused-ring (bicyclic) bond motifs is 1. The van der Waals surface area contributed by atoms with Gasteiger partial charge in [-0.1, -0.05) is 18.2 Å². The van der Waals surface area contributed by atoms with E-state index in [9.17, 15) is 9.59 Å². The largest absolute Gasteiger partial charge is 0.361 e. The standard InChI is InChI=1S/C16H22N4O2/c1-20(2)8-7-17-16(22)11-19-15(21)9-12-10-18-14-6-4-3-5-13(12)14/h3-6,10,18H,7-9,11H2,1-2H3,(H,17,22)(H,19,21). The number of amides is 2. The Morgan fingerprint density at radius 2 is 1.91 bits per heavy atom. The highest BCUT2D eigenvalue weighted by Gasteiger charge is 2.09. The minimum absolute atomic E-state index is 0.00855. The molecule has 6 heteroatoms. The van der Waals surface area contributed by atoms with E-state index in [1.807, 2.05) is 49.5 Å². The lowest BCUT2D eigenvalue weighted by Crippen LogP contribution is -2.39. The Bertz CT molecular complexity index is 648. The van der Waals surface area contributed by atoms with Crippen LogP contribution in [0.15, 0.2) is 30.5 Å². The molecule has 3 N–H and O–H groups in total. The van der Waals surface area contributed by atoms with E-state index in [0.717, 1.165) is 23.0 Å². The Labute approximate surface area is 129 Å². The maximum atomic E-state index is 11.9. The fourth-order valence-corrected chi connectivity index (χ4v) is 2.17. The van der Waals surface area contributed by atoms with E-state index < -0.39 is 0 Å². The molecule has 1 heterocycles. The normalized spacial score (nSPS) is 10.9. The number of hydrogen-bond donors (Lipinski definition) is 3. The van der Waals surface area contributed by atoms with Gasteiger partial charge < -0.3 is 20.5 Å². The summed E-state index contributed by atoms with van der Waals surface area (Å²) >= 11 is 0. The van der Waals surface area contributed by atoms with Gasteiger partial charge in [-0.3, -0.25) is 9.59 Å². The van der Waals surface area contributed by atoms with Gasteiger partial charge in [0, 0.05) is 30.2 Å². The summed E-state index contributed by atoms with van der Waals surface area (Å²) in [5.74, 6) is -0.332. The molecule has 0 aliphatic rings. The number of carbonyl (C=O) groups is 2. The first-order valence-corrected chi connectivity index (χ1v) is 7.29. The van der Waals surface area contributed by atoms with Gasteiger partial charge in [-0.15, -0.1) is 0 Å². The zero-order chi connectivity index (χ0) is 15.9. The zero-order valence-electron chi connectivity index (χ0n) is 13.0. The van der Waals surface area contributed by atoms with E-state index >= 15 is 0 Å². The van der Waals surface area contributed by atoms with Crippen LogP contribution in [0.5, 0.6) is 0 Å². The molecule has 1 aromatic heterocycles.